The van der Waals surface area contributed by atoms with E-state index in [0.717, 1.165) is 12.2 Å². The lowest BCUT2D eigenvalue weighted by molar-refractivity contribution is 0.201. The second kappa shape index (κ2) is 7.58. The average Bonchev–Trinajstić information content (AvgIpc) is 3.01. The third kappa shape index (κ3) is 3.38. The minimum Gasteiger partial charge on any atom is -0.491 e. The largest absolute Gasteiger partial charge is 0.491 e. The van der Waals surface area contributed by atoms with Gasteiger partial charge in [0.25, 0.3) is 0 Å². The quantitative estimate of drug-likeness (QED) is 0.499. The summed E-state index contributed by atoms with van der Waals surface area (Å²) in [7, 11) is 0. The Kier molecular flexibility index (Phi) is 5.00. The van der Waals surface area contributed by atoms with Gasteiger partial charge in [-0.1, -0.05) is 68.4 Å². The van der Waals surface area contributed by atoms with Crippen molar-refractivity contribution in [2.24, 2.45) is 5.92 Å². The van der Waals surface area contributed by atoms with Gasteiger partial charge in [0, 0.05) is 5.92 Å². The van der Waals surface area contributed by atoms with E-state index in [1.54, 1.807) is 0 Å². The van der Waals surface area contributed by atoms with Crippen LogP contribution in [0.2, 0.25) is 0 Å². The van der Waals surface area contributed by atoms with E-state index in [9.17, 15) is 0 Å². The molecule has 1 N–H and O–H groups in total. The van der Waals surface area contributed by atoms with Gasteiger partial charge in [0.15, 0.2) is 0 Å². The van der Waals surface area contributed by atoms with Crippen molar-refractivity contribution in [3.05, 3.63) is 89.0 Å². The molecule has 0 fully saturated rings. The summed E-state index contributed by atoms with van der Waals surface area (Å²) in [5.74, 6) is 1.66. The molecule has 0 aliphatic heterocycles. The van der Waals surface area contributed by atoms with Crippen molar-refractivity contribution in [3.63, 3.8) is 0 Å². The van der Waals surface area contributed by atoms with Crippen LogP contribution in [-0.2, 0) is 6.42 Å². The Bertz CT molecular complexity index is 897. The third-order valence-electron chi connectivity index (χ3n) is 5.25. The van der Waals surface area contributed by atoms with E-state index in [2.05, 4.69) is 74.5 Å². The van der Waals surface area contributed by atoms with E-state index < -0.39 is 0 Å². The first-order chi connectivity index (χ1) is 13.2. The molecular weight excluding hydrogens is 332 g/mol. The molecule has 138 valence electrons. The number of rotatable bonds is 6. The Labute approximate surface area is 161 Å². The van der Waals surface area contributed by atoms with E-state index >= 15 is 0 Å². The van der Waals surface area contributed by atoms with Crippen LogP contribution in [0.25, 0.3) is 11.1 Å². The molecule has 3 aromatic carbocycles. The number of aliphatic hydroxyl groups is 1. The zero-order valence-corrected chi connectivity index (χ0v) is 16.0. The average molecular weight is 358 g/mol. The molecule has 3 aromatic rings. The molecule has 0 heterocycles. The van der Waals surface area contributed by atoms with E-state index in [-0.39, 0.29) is 12.5 Å². The molecule has 0 spiro atoms. The topological polar surface area (TPSA) is 29.5 Å². The van der Waals surface area contributed by atoms with Crippen LogP contribution >= 0.6 is 0 Å². The zero-order valence-electron chi connectivity index (χ0n) is 16.0. The Morgan fingerprint density at radius 1 is 0.852 bits per heavy atom. The van der Waals surface area contributed by atoms with Gasteiger partial charge >= 0.3 is 0 Å². The molecule has 4 rings (SSSR count). The van der Waals surface area contributed by atoms with Crippen molar-refractivity contribution in [1.29, 1.82) is 0 Å². The lowest BCUT2D eigenvalue weighted by atomic mass is 9.84. The highest BCUT2D eigenvalue weighted by Gasteiger charge is 2.30. The monoisotopic (exact) mass is 358 g/mol. The van der Waals surface area contributed by atoms with Crippen LogP contribution in [0, 0.1) is 5.92 Å². The lowest BCUT2D eigenvalue weighted by Gasteiger charge is -2.21. The fourth-order valence-electron chi connectivity index (χ4n) is 4.22. The minimum absolute atomic E-state index is 0.0324. The molecule has 2 nitrogen and oxygen atoms in total. The Morgan fingerprint density at radius 2 is 1.48 bits per heavy atom. The summed E-state index contributed by atoms with van der Waals surface area (Å²) >= 11 is 0. The van der Waals surface area contributed by atoms with Crippen LogP contribution in [0.3, 0.4) is 0 Å². The second-order valence-corrected chi connectivity index (χ2v) is 7.64. The van der Waals surface area contributed by atoms with E-state index in [4.69, 9.17) is 9.84 Å². The number of benzene rings is 3. The predicted molar refractivity (Wildman–Crippen MR) is 110 cm³/mol. The van der Waals surface area contributed by atoms with E-state index in [1.807, 2.05) is 6.07 Å². The fourth-order valence-corrected chi connectivity index (χ4v) is 4.22. The number of aliphatic hydroxyl groups excluding tert-OH is 1. The Hall–Kier alpha value is -2.58. The van der Waals surface area contributed by atoms with Crippen LogP contribution in [0.1, 0.15) is 42.0 Å². The summed E-state index contributed by atoms with van der Waals surface area (Å²) in [5.41, 5.74) is 8.14. The van der Waals surface area contributed by atoms with Crippen molar-refractivity contribution in [2.75, 3.05) is 13.2 Å². The molecule has 0 saturated heterocycles. The molecule has 2 heteroatoms. The molecule has 0 saturated carbocycles. The third-order valence-corrected chi connectivity index (χ3v) is 5.25. The fraction of sp³-hybridized carbons (Fsp3) is 0.280. The summed E-state index contributed by atoms with van der Waals surface area (Å²) in [6, 6.07) is 23.9. The molecule has 0 aromatic heterocycles. The van der Waals surface area contributed by atoms with Crippen LogP contribution < -0.4 is 4.74 Å². The molecule has 0 unspecified atom stereocenters. The van der Waals surface area contributed by atoms with Crippen molar-refractivity contribution >= 4 is 0 Å². The Morgan fingerprint density at radius 3 is 2.07 bits per heavy atom. The highest BCUT2D eigenvalue weighted by atomic mass is 16.5. The summed E-state index contributed by atoms with van der Waals surface area (Å²) in [4.78, 5) is 0. The van der Waals surface area contributed by atoms with Crippen LogP contribution in [-0.4, -0.2) is 18.3 Å². The number of ether oxygens (including phenoxy) is 1. The number of hydrogen-bond donors (Lipinski definition) is 1. The van der Waals surface area contributed by atoms with Crippen molar-refractivity contribution in [2.45, 2.75) is 26.2 Å². The minimum atomic E-state index is 0.0324. The molecular formula is C25H26O2. The maximum absolute atomic E-state index is 9.06. The summed E-state index contributed by atoms with van der Waals surface area (Å²) < 4.78 is 5.68. The molecule has 0 atom stereocenters. The Balaban J connectivity index is 1.85. The summed E-state index contributed by atoms with van der Waals surface area (Å²) in [6.07, 6.45) is 1.01. The maximum Gasteiger partial charge on any atom is 0.119 e. The molecule has 1 aliphatic rings. The normalized spacial score (nSPS) is 12.9. The molecule has 0 bridgehead atoms. The number of hydrogen-bond acceptors (Lipinski definition) is 2. The van der Waals surface area contributed by atoms with E-state index in [0.29, 0.717) is 12.5 Å². The molecule has 1 aliphatic carbocycles. The summed E-state index contributed by atoms with van der Waals surface area (Å²) in [6.45, 7) is 4.86. The SMILES string of the molecule is CC(C)Cc1cc(OCCO)ccc1C1c2ccccc2-c2ccccc21. The zero-order chi connectivity index (χ0) is 18.8. The highest BCUT2D eigenvalue weighted by molar-refractivity contribution is 5.80. The van der Waals surface area contributed by atoms with E-state index in [1.165, 1.54) is 33.4 Å². The predicted octanol–water partition coefficient (Wildman–Crippen LogP) is 5.42. The standard InChI is InChI=1S/C25H26O2/c1-17(2)15-18-16-19(27-14-13-26)11-12-20(18)25-23-9-5-3-7-21(23)22-8-4-6-10-24(22)25/h3-12,16-17,25-26H,13-15H2,1-2H3. The van der Waals surface area contributed by atoms with Crippen LogP contribution in [0.4, 0.5) is 0 Å². The van der Waals surface area contributed by atoms with Gasteiger partial charge in [0.2, 0.25) is 0 Å². The van der Waals surface area contributed by atoms with Crippen molar-refractivity contribution in [1.82, 2.24) is 0 Å². The first kappa shape index (κ1) is 17.8. The first-order valence-electron chi connectivity index (χ1n) is 9.73. The lowest BCUT2D eigenvalue weighted by Crippen LogP contribution is -2.08. The second-order valence-electron chi connectivity index (χ2n) is 7.64. The summed E-state index contributed by atoms with van der Waals surface area (Å²) in [5, 5.41) is 9.06. The van der Waals surface area contributed by atoms with Gasteiger partial charge in [-0.3, -0.25) is 0 Å². The van der Waals surface area contributed by atoms with Gasteiger partial charge in [-0.05, 0) is 57.9 Å². The first-order valence-corrected chi connectivity index (χ1v) is 9.73. The van der Waals surface area contributed by atoms with Gasteiger partial charge in [-0.15, -0.1) is 0 Å². The van der Waals surface area contributed by atoms with Crippen molar-refractivity contribution < 1.29 is 9.84 Å². The van der Waals surface area contributed by atoms with Crippen molar-refractivity contribution in [3.8, 4) is 16.9 Å². The van der Waals surface area contributed by atoms with Gasteiger partial charge in [0.1, 0.15) is 12.4 Å². The van der Waals surface area contributed by atoms with Gasteiger partial charge < -0.3 is 9.84 Å². The highest BCUT2D eigenvalue weighted by Crippen LogP contribution is 2.49. The smallest absolute Gasteiger partial charge is 0.119 e. The molecule has 0 amide bonds. The van der Waals surface area contributed by atoms with Gasteiger partial charge in [0.05, 0.1) is 6.61 Å². The maximum atomic E-state index is 9.06. The molecule has 27 heavy (non-hydrogen) atoms. The number of fused-ring (bicyclic) bond motifs is 3. The van der Waals surface area contributed by atoms with Crippen LogP contribution in [0.15, 0.2) is 66.7 Å². The molecule has 0 radical (unpaired) electrons. The van der Waals surface area contributed by atoms with Crippen LogP contribution in [0.5, 0.6) is 5.75 Å². The van der Waals surface area contributed by atoms with Gasteiger partial charge in [-0.25, -0.2) is 0 Å². The van der Waals surface area contributed by atoms with Gasteiger partial charge in [-0.2, -0.15) is 0 Å².